The highest BCUT2D eigenvalue weighted by Gasteiger charge is 2.39. The number of imide groups is 1. The summed E-state index contributed by atoms with van der Waals surface area (Å²) < 4.78 is 0. The molecular weight excluding hydrogens is 182 g/mol. The zero-order chi connectivity index (χ0) is 10.1. The molecule has 2 aliphatic heterocycles. The van der Waals surface area contributed by atoms with Crippen LogP contribution in [0.25, 0.3) is 0 Å². The van der Waals surface area contributed by atoms with Gasteiger partial charge in [0.05, 0.1) is 0 Å². The van der Waals surface area contributed by atoms with Crippen LogP contribution in [0.2, 0.25) is 0 Å². The summed E-state index contributed by atoms with van der Waals surface area (Å²) in [7, 11) is 1.67. The SMILES string of the molecule is CN1C(=O)NC(=O)C1N1CCCCC1. The van der Waals surface area contributed by atoms with Crippen LogP contribution in [0.1, 0.15) is 19.3 Å². The Hall–Kier alpha value is -1.10. The predicted molar refractivity (Wildman–Crippen MR) is 50.5 cm³/mol. The lowest BCUT2D eigenvalue weighted by Gasteiger charge is -2.33. The van der Waals surface area contributed by atoms with Crippen LogP contribution < -0.4 is 5.32 Å². The van der Waals surface area contributed by atoms with Crippen molar-refractivity contribution in [2.75, 3.05) is 20.1 Å². The van der Waals surface area contributed by atoms with Crippen LogP contribution in [0, 0.1) is 0 Å². The Morgan fingerprint density at radius 2 is 1.86 bits per heavy atom. The Kier molecular flexibility index (Phi) is 2.41. The summed E-state index contributed by atoms with van der Waals surface area (Å²) in [6.45, 7) is 1.82. The van der Waals surface area contributed by atoms with Crippen molar-refractivity contribution in [3.63, 3.8) is 0 Å². The fourth-order valence-electron chi connectivity index (χ4n) is 2.12. The van der Waals surface area contributed by atoms with Gasteiger partial charge in [-0.25, -0.2) is 4.79 Å². The standard InChI is InChI=1S/C9H15N3O2/c1-11-8(7(13)10-9(11)14)12-5-3-2-4-6-12/h8H,2-6H2,1H3,(H,10,13,14). The summed E-state index contributed by atoms with van der Waals surface area (Å²) in [5.41, 5.74) is 0. The molecule has 0 aromatic carbocycles. The van der Waals surface area contributed by atoms with Crippen molar-refractivity contribution >= 4 is 11.9 Å². The summed E-state index contributed by atoms with van der Waals surface area (Å²) in [6, 6.07) is -0.287. The third-order valence-electron chi connectivity index (χ3n) is 2.89. The second kappa shape index (κ2) is 3.57. The molecule has 2 saturated heterocycles. The monoisotopic (exact) mass is 197 g/mol. The van der Waals surface area contributed by atoms with Crippen LogP contribution in [0.4, 0.5) is 4.79 Å². The molecule has 78 valence electrons. The van der Waals surface area contributed by atoms with Gasteiger partial charge in [-0.05, 0) is 12.8 Å². The van der Waals surface area contributed by atoms with E-state index in [4.69, 9.17) is 0 Å². The number of likely N-dealkylation sites (tertiary alicyclic amines) is 1. The molecule has 5 heteroatoms. The van der Waals surface area contributed by atoms with E-state index >= 15 is 0 Å². The molecule has 0 saturated carbocycles. The lowest BCUT2D eigenvalue weighted by molar-refractivity contribution is -0.126. The van der Waals surface area contributed by atoms with Gasteiger partial charge in [0.25, 0.3) is 5.91 Å². The molecule has 0 radical (unpaired) electrons. The zero-order valence-electron chi connectivity index (χ0n) is 8.32. The average molecular weight is 197 g/mol. The number of urea groups is 1. The Morgan fingerprint density at radius 1 is 1.21 bits per heavy atom. The number of carbonyl (C=O) groups excluding carboxylic acids is 2. The van der Waals surface area contributed by atoms with Gasteiger partial charge in [-0.2, -0.15) is 0 Å². The number of carbonyl (C=O) groups is 2. The Bertz CT molecular complexity index is 261. The number of likely N-dealkylation sites (N-methyl/N-ethyl adjacent to an activating group) is 1. The molecule has 2 fully saturated rings. The number of amides is 3. The van der Waals surface area contributed by atoms with Gasteiger partial charge in [-0.1, -0.05) is 6.42 Å². The Balaban J connectivity index is 2.08. The molecule has 1 unspecified atom stereocenters. The lowest BCUT2D eigenvalue weighted by atomic mass is 10.1. The fourth-order valence-corrected chi connectivity index (χ4v) is 2.12. The second-order valence-electron chi connectivity index (χ2n) is 3.88. The van der Waals surface area contributed by atoms with Gasteiger partial charge in [0.1, 0.15) is 0 Å². The molecule has 0 aromatic rings. The maximum atomic E-state index is 11.5. The molecule has 1 atom stereocenters. The summed E-state index contributed by atoms with van der Waals surface area (Å²) in [5.74, 6) is -0.181. The molecule has 0 spiro atoms. The number of piperidine rings is 1. The molecule has 0 aliphatic carbocycles. The summed E-state index contributed by atoms with van der Waals surface area (Å²) in [6.07, 6.45) is 3.09. The van der Waals surface area contributed by atoms with E-state index in [-0.39, 0.29) is 18.1 Å². The van der Waals surface area contributed by atoms with Crippen molar-refractivity contribution < 1.29 is 9.59 Å². The first kappa shape index (κ1) is 9.45. The van der Waals surface area contributed by atoms with Gasteiger partial charge in [-0.3, -0.25) is 15.0 Å². The fraction of sp³-hybridized carbons (Fsp3) is 0.778. The molecule has 14 heavy (non-hydrogen) atoms. The minimum absolute atomic E-state index is 0.181. The molecular formula is C9H15N3O2. The predicted octanol–water partition coefficient (Wildman–Crippen LogP) is -0.0200. The highest BCUT2D eigenvalue weighted by Crippen LogP contribution is 2.17. The summed E-state index contributed by atoms with van der Waals surface area (Å²) in [5, 5.41) is 2.32. The first-order valence-electron chi connectivity index (χ1n) is 5.02. The second-order valence-corrected chi connectivity index (χ2v) is 3.88. The van der Waals surface area contributed by atoms with Gasteiger partial charge in [0.15, 0.2) is 6.17 Å². The van der Waals surface area contributed by atoms with Crippen LogP contribution in [0.3, 0.4) is 0 Å². The molecule has 5 nitrogen and oxygen atoms in total. The van der Waals surface area contributed by atoms with Gasteiger partial charge in [0, 0.05) is 20.1 Å². The normalized spacial score (nSPS) is 29.5. The van der Waals surface area contributed by atoms with Crippen LogP contribution in [-0.2, 0) is 4.79 Å². The highest BCUT2D eigenvalue weighted by molar-refractivity contribution is 6.03. The van der Waals surface area contributed by atoms with Crippen LogP contribution in [0.5, 0.6) is 0 Å². The maximum Gasteiger partial charge on any atom is 0.325 e. The minimum atomic E-state index is -0.372. The van der Waals surface area contributed by atoms with Gasteiger partial charge >= 0.3 is 6.03 Å². The van der Waals surface area contributed by atoms with E-state index in [0.717, 1.165) is 25.9 Å². The number of nitrogens with one attached hydrogen (secondary N) is 1. The van der Waals surface area contributed by atoms with E-state index in [2.05, 4.69) is 10.2 Å². The largest absolute Gasteiger partial charge is 0.325 e. The molecule has 2 aliphatic rings. The van der Waals surface area contributed by atoms with E-state index < -0.39 is 0 Å². The number of rotatable bonds is 1. The minimum Gasteiger partial charge on any atom is -0.303 e. The van der Waals surface area contributed by atoms with Gasteiger partial charge in [0.2, 0.25) is 0 Å². The lowest BCUT2D eigenvalue weighted by Crippen LogP contribution is -2.49. The van der Waals surface area contributed by atoms with Crippen molar-refractivity contribution in [2.45, 2.75) is 25.4 Å². The van der Waals surface area contributed by atoms with Crippen molar-refractivity contribution in [3.8, 4) is 0 Å². The van der Waals surface area contributed by atoms with Crippen LogP contribution in [-0.4, -0.2) is 48.0 Å². The number of hydrogen-bond donors (Lipinski definition) is 1. The van der Waals surface area contributed by atoms with Gasteiger partial charge < -0.3 is 4.90 Å². The molecule has 3 amide bonds. The van der Waals surface area contributed by atoms with Crippen molar-refractivity contribution in [2.24, 2.45) is 0 Å². The summed E-state index contributed by atoms with van der Waals surface area (Å²) >= 11 is 0. The van der Waals surface area contributed by atoms with E-state index in [1.807, 2.05) is 0 Å². The van der Waals surface area contributed by atoms with E-state index in [1.165, 1.54) is 11.3 Å². The quantitative estimate of drug-likeness (QED) is 0.601. The number of nitrogens with zero attached hydrogens (tertiary/aromatic N) is 2. The molecule has 2 rings (SSSR count). The summed E-state index contributed by atoms with van der Waals surface area (Å²) in [4.78, 5) is 26.2. The molecule has 1 N–H and O–H groups in total. The van der Waals surface area contributed by atoms with Gasteiger partial charge in [-0.15, -0.1) is 0 Å². The van der Waals surface area contributed by atoms with Crippen molar-refractivity contribution in [1.82, 2.24) is 15.1 Å². The molecule has 0 bridgehead atoms. The third-order valence-corrected chi connectivity index (χ3v) is 2.89. The van der Waals surface area contributed by atoms with Crippen molar-refractivity contribution in [3.05, 3.63) is 0 Å². The third kappa shape index (κ3) is 1.48. The van der Waals surface area contributed by atoms with E-state index in [1.54, 1.807) is 7.05 Å². The van der Waals surface area contributed by atoms with Crippen LogP contribution >= 0.6 is 0 Å². The van der Waals surface area contributed by atoms with E-state index in [9.17, 15) is 9.59 Å². The highest BCUT2D eigenvalue weighted by atomic mass is 16.2. The average Bonchev–Trinajstić information content (AvgIpc) is 2.43. The zero-order valence-corrected chi connectivity index (χ0v) is 8.32. The Morgan fingerprint density at radius 3 is 2.36 bits per heavy atom. The first-order chi connectivity index (χ1) is 6.70. The topological polar surface area (TPSA) is 52.7 Å². The first-order valence-corrected chi connectivity index (χ1v) is 5.02. The molecule has 0 aromatic heterocycles. The van der Waals surface area contributed by atoms with E-state index in [0.29, 0.717) is 0 Å². The Labute approximate surface area is 83.0 Å². The maximum absolute atomic E-state index is 11.5. The smallest absolute Gasteiger partial charge is 0.303 e. The van der Waals surface area contributed by atoms with Crippen LogP contribution in [0.15, 0.2) is 0 Å². The van der Waals surface area contributed by atoms with Crippen molar-refractivity contribution in [1.29, 1.82) is 0 Å². The molecule has 2 heterocycles. The number of hydrogen-bond acceptors (Lipinski definition) is 3.